The van der Waals surface area contributed by atoms with Gasteiger partial charge < -0.3 is 24.8 Å². The van der Waals surface area contributed by atoms with Crippen LogP contribution in [0.1, 0.15) is 138 Å². The number of aliphatic hydroxyl groups is 1. The molecule has 0 saturated heterocycles. The van der Waals surface area contributed by atoms with Crippen LogP contribution in [0, 0.1) is 74.9 Å². The summed E-state index contributed by atoms with van der Waals surface area (Å²) in [6.45, 7) is 23.5. The van der Waals surface area contributed by atoms with Crippen LogP contribution in [0.25, 0.3) is 5.69 Å². The van der Waals surface area contributed by atoms with Gasteiger partial charge in [0.15, 0.2) is 5.78 Å². The molecule has 2 aromatic rings. The molecule has 6 aliphatic rings. The summed E-state index contributed by atoms with van der Waals surface area (Å²) >= 11 is 0. The Morgan fingerprint density at radius 1 is 0.898 bits per heavy atom. The fraction of sp³-hybridized carbons (Fsp3) is 0.720. The summed E-state index contributed by atoms with van der Waals surface area (Å²) < 4.78 is 8.45. The van der Waals surface area contributed by atoms with Gasteiger partial charge in [0.1, 0.15) is 6.10 Å². The Morgan fingerprint density at radius 3 is 2.24 bits per heavy atom. The molecule has 0 spiro atoms. The molecule has 0 radical (unpaired) electrons. The average Bonchev–Trinajstić information content (AvgIpc) is 3.73. The molecule has 5 saturated carbocycles. The van der Waals surface area contributed by atoms with Crippen molar-refractivity contribution in [2.24, 2.45) is 68.0 Å². The van der Waals surface area contributed by atoms with Crippen molar-refractivity contribution in [1.82, 2.24) is 14.9 Å². The summed E-state index contributed by atoms with van der Waals surface area (Å²) in [4.78, 5) is 44.0. The molecule has 1 aromatic carbocycles. The van der Waals surface area contributed by atoms with Crippen molar-refractivity contribution in [2.75, 3.05) is 6.54 Å². The fourth-order valence-electron chi connectivity index (χ4n) is 15.1. The van der Waals surface area contributed by atoms with Gasteiger partial charge in [0.05, 0.1) is 30.0 Å². The number of aliphatic hydroxyl groups excluding tert-OH is 1. The third-order valence-electron chi connectivity index (χ3n) is 18.8. The van der Waals surface area contributed by atoms with E-state index in [-0.39, 0.29) is 57.3 Å². The number of aryl methyl sites for hydroxylation is 1. The molecule has 1 aromatic heterocycles. The normalized spacial score (nSPS) is 38.7. The third kappa shape index (κ3) is 6.27. The summed E-state index contributed by atoms with van der Waals surface area (Å²) in [6.07, 6.45) is 11.7. The van der Waals surface area contributed by atoms with Crippen molar-refractivity contribution in [3.05, 3.63) is 59.2 Å². The zero-order valence-electron chi connectivity index (χ0n) is 37.5. The molecule has 322 valence electrons. The lowest BCUT2D eigenvalue weighted by atomic mass is 9.33. The lowest BCUT2D eigenvalue weighted by molar-refractivity contribution is -0.238. The molecular weight excluding hydrogens is 739 g/mol. The number of carbonyl (C=O) groups excluding carboxylic acids is 2. The standard InChI is InChI=1S/C50H71N3O6/c1-29(2)41-36(54)24-50(39(55)26-51-25-31-11-13-32(14-12-31)53-27-30(3)52-28-53)22-21-48(9)33(42(41)50)15-16-38-47(8)19-18-40(46(6,7)37(47)17-20-49(38,48)10)59-44(58)35-23-34(43(56)57)45(35,4)5/h11-14,27-29,33-35,37-40,51,55H,15-26H2,1-10H3,(H,56,57)/t33-,34+,35-,37+,38-,39+,40+,47+,48-,49-,50+/m1/s1. The van der Waals surface area contributed by atoms with Gasteiger partial charge in [-0.25, -0.2) is 4.98 Å². The number of hydrogen-bond acceptors (Lipinski definition) is 7. The van der Waals surface area contributed by atoms with Gasteiger partial charge in [-0.05, 0) is 133 Å². The first-order chi connectivity index (χ1) is 27.6. The van der Waals surface area contributed by atoms with Crippen molar-refractivity contribution < 1.29 is 29.3 Å². The molecule has 5 fully saturated rings. The summed E-state index contributed by atoms with van der Waals surface area (Å²) in [5, 5.41) is 25.6. The predicted molar refractivity (Wildman–Crippen MR) is 228 cm³/mol. The van der Waals surface area contributed by atoms with Crippen LogP contribution in [0.3, 0.4) is 0 Å². The van der Waals surface area contributed by atoms with Crippen LogP contribution >= 0.6 is 0 Å². The van der Waals surface area contributed by atoms with Crippen molar-refractivity contribution in [3.63, 3.8) is 0 Å². The van der Waals surface area contributed by atoms with Gasteiger partial charge in [-0.3, -0.25) is 14.4 Å². The molecule has 59 heavy (non-hydrogen) atoms. The maximum Gasteiger partial charge on any atom is 0.309 e. The van der Waals surface area contributed by atoms with Crippen molar-refractivity contribution in [3.8, 4) is 5.69 Å². The number of Topliss-reactive ketones (excluding diaryl/α,β-unsaturated/α-hetero) is 1. The summed E-state index contributed by atoms with van der Waals surface area (Å²) in [6, 6.07) is 8.45. The molecule has 11 atom stereocenters. The minimum absolute atomic E-state index is 0.0138. The number of carbonyl (C=O) groups is 3. The van der Waals surface area contributed by atoms with Crippen LogP contribution in [0.15, 0.2) is 47.9 Å². The topological polar surface area (TPSA) is 131 Å². The zero-order valence-corrected chi connectivity index (χ0v) is 37.5. The highest BCUT2D eigenvalue weighted by molar-refractivity contribution is 6.00. The number of nitrogens with zero attached hydrogens (tertiary/aromatic N) is 2. The fourth-order valence-corrected chi connectivity index (χ4v) is 15.1. The lowest BCUT2D eigenvalue weighted by Crippen LogP contribution is -2.66. The monoisotopic (exact) mass is 810 g/mol. The van der Waals surface area contributed by atoms with E-state index in [0.717, 1.165) is 73.9 Å². The second-order valence-corrected chi connectivity index (χ2v) is 22.4. The van der Waals surface area contributed by atoms with Gasteiger partial charge >= 0.3 is 11.9 Å². The summed E-state index contributed by atoms with van der Waals surface area (Å²) in [7, 11) is 0. The van der Waals surface area contributed by atoms with Gasteiger partial charge in [-0.2, -0.15) is 0 Å². The Bertz CT molecular complexity index is 2030. The molecule has 0 aliphatic heterocycles. The van der Waals surface area contributed by atoms with Crippen molar-refractivity contribution in [1.29, 1.82) is 0 Å². The highest BCUT2D eigenvalue weighted by Crippen LogP contribution is 2.77. The van der Waals surface area contributed by atoms with E-state index in [0.29, 0.717) is 37.8 Å². The number of esters is 1. The van der Waals surface area contributed by atoms with Crippen LogP contribution in [0.5, 0.6) is 0 Å². The number of rotatable bonds is 10. The SMILES string of the molecule is Cc1cn(-c2ccc(CNC[C@H](O)[C@@]34CC[C@]5(C)[C@H](CC[C@@H]6[C@@]7(C)CC[C@H](OC(=O)[C@H]8C[C@@H](C(=O)O)C8(C)C)C(C)(C)[C@@H]7CC[C@]65C)C3=C(C(C)C)C(=O)C4)cc2)cn1. The molecule has 1 heterocycles. The van der Waals surface area contributed by atoms with E-state index in [1.807, 2.05) is 37.9 Å². The molecule has 9 nitrogen and oxygen atoms in total. The Morgan fingerprint density at radius 2 is 1.61 bits per heavy atom. The van der Waals surface area contributed by atoms with Crippen LogP contribution in [0.4, 0.5) is 0 Å². The van der Waals surface area contributed by atoms with E-state index in [1.54, 1.807) is 0 Å². The van der Waals surface area contributed by atoms with E-state index < -0.39 is 28.8 Å². The van der Waals surface area contributed by atoms with E-state index in [1.165, 1.54) is 5.57 Å². The van der Waals surface area contributed by atoms with Crippen molar-refractivity contribution in [2.45, 2.75) is 152 Å². The number of ether oxygens (including phenoxy) is 1. The van der Waals surface area contributed by atoms with Crippen LogP contribution < -0.4 is 5.32 Å². The highest BCUT2D eigenvalue weighted by Gasteiger charge is 2.71. The second kappa shape index (κ2) is 14.4. The number of aliphatic carboxylic acids is 1. The number of hydrogen-bond donors (Lipinski definition) is 3. The number of ketones is 1. The van der Waals surface area contributed by atoms with E-state index in [4.69, 9.17) is 4.74 Å². The largest absolute Gasteiger partial charge is 0.481 e. The number of allylic oxidation sites excluding steroid dienone is 1. The third-order valence-corrected chi connectivity index (χ3v) is 18.8. The number of nitrogens with one attached hydrogen (secondary N) is 1. The van der Waals surface area contributed by atoms with Crippen LogP contribution in [-0.2, 0) is 25.7 Å². The molecule has 0 bridgehead atoms. The Kier molecular flexibility index (Phi) is 10.3. The molecular formula is C50H71N3O6. The molecule has 3 N–H and O–H groups in total. The first-order valence-electron chi connectivity index (χ1n) is 22.8. The number of benzene rings is 1. The maximum absolute atomic E-state index is 14.2. The molecule has 0 unspecified atom stereocenters. The molecule has 6 aliphatic carbocycles. The number of carboxylic acids is 1. The molecule has 8 rings (SSSR count). The second-order valence-electron chi connectivity index (χ2n) is 22.4. The average molecular weight is 810 g/mol. The van der Waals surface area contributed by atoms with Crippen molar-refractivity contribution >= 4 is 17.7 Å². The van der Waals surface area contributed by atoms with Gasteiger partial charge in [-0.1, -0.05) is 80.0 Å². The predicted octanol–water partition coefficient (Wildman–Crippen LogP) is 9.27. The van der Waals surface area contributed by atoms with Gasteiger partial charge in [-0.15, -0.1) is 0 Å². The Hall–Kier alpha value is -3.30. The quantitative estimate of drug-likeness (QED) is 0.203. The van der Waals surface area contributed by atoms with Gasteiger partial charge in [0.2, 0.25) is 0 Å². The van der Waals surface area contributed by atoms with Crippen LogP contribution in [-0.4, -0.2) is 56.2 Å². The number of carboxylic acid groups (broad SMARTS) is 1. The molecule has 0 amide bonds. The zero-order chi connectivity index (χ0) is 42.7. The smallest absolute Gasteiger partial charge is 0.309 e. The highest BCUT2D eigenvalue weighted by atomic mass is 16.5. The maximum atomic E-state index is 14.2. The number of fused-ring (bicyclic) bond motifs is 7. The Labute approximate surface area is 352 Å². The minimum Gasteiger partial charge on any atom is -0.481 e. The number of imidazole rings is 1. The number of aromatic nitrogens is 2. The van der Waals surface area contributed by atoms with Gasteiger partial charge in [0.25, 0.3) is 0 Å². The van der Waals surface area contributed by atoms with E-state index >= 15 is 0 Å². The first-order valence-corrected chi connectivity index (χ1v) is 22.8. The first kappa shape index (κ1) is 42.4. The van der Waals surface area contributed by atoms with Crippen LogP contribution in [0.2, 0.25) is 0 Å². The Balaban J connectivity index is 1.000. The summed E-state index contributed by atoms with van der Waals surface area (Å²) in [5.41, 5.74) is 4.25. The van der Waals surface area contributed by atoms with E-state index in [2.05, 4.69) is 83.0 Å². The minimum atomic E-state index is -0.829. The molecule has 9 heteroatoms. The lowest BCUT2D eigenvalue weighted by Gasteiger charge is -2.72. The van der Waals surface area contributed by atoms with E-state index in [9.17, 15) is 24.6 Å². The summed E-state index contributed by atoms with van der Waals surface area (Å²) in [5.74, 6) is -0.455. The van der Waals surface area contributed by atoms with Gasteiger partial charge in [0, 0.05) is 42.2 Å².